The highest BCUT2D eigenvalue weighted by atomic mass is 79.9. The molecule has 0 N–H and O–H groups in total. The van der Waals surface area contributed by atoms with Crippen LogP contribution in [0, 0.1) is 0 Å². The van der Waals surface area contributed by atoms with Crippen LogP contribution in [0.25, 0.3) is 6.08 Å². The van der Waals surface area contributed by atoms with E-state index in [1.54, 1.807) is 63.2 Å². The predicted molar refractivity (Wildman–Crippen MR) is 178 cm³/mol. The molecule has 0 radical (unpaired) electrons. The average molecular weight is 737 g/mol. The van der Waals surface area contributed by atoms with E-state index in [2.05, 4.69) is 20.9 Å². The first-order valence-electron chi connectivity index (χ1n) is 13.4. The van der Waals surface area contributed by atoms with E-state index in [-0.39, 0.29) is 23.8 Å². The molecule has 0 unspecified atom stereocenters. The van der Waals surface area contributed by atoms with E-state index in [4.69, 9.17) is 49.0 Å². The second-order valence-corrected chi connectivity index (χ2v) is 13.3. The van der Waals surface area contributed by atoms with E-state index < -0.39 is 12.0 Å². The molecule has 1 aromatic heterocycles. The molecule has 0 amide bonds. The molecule has 1 aliphatic heterocycles. The monoisotopic (exact) mass is 734 g/mol. The molecule has 2 heterocycles. The normalized spacial score (nSPS) is 14.8. The molecule has 1 atom stereocenters. The number of esters is 1. The number of hydrogen-bond acceptors (Lipinski definition) is 7. The largest absolute Gasteiger partial charge is 0.496 e. The zero-order valence-corrected chi connectivity index (χ0v) is 28.7. The summed E-state index contributed by atoms with van der Waals surface area (Å²) in [4.78, 5) is 32.7. The number of fused-ring (bicyclic) bond motifs is 1. The first-order chi connectivity index (χ1) is 21.0. The Balaban J connectivity index is 1.65. The van der Waals surface area contributed by atoms with Gasteiger partial charge in [-0.05, 0) is 80.9 Å². The molecule has 12 heteroatoms. The number of nitrogens with zero attached hydrogens (tertiary/aromatic N) is 2. The second-order valence-electron chi connectivity index (χ2n) is 10.1. The lowest BCUT2D eigenvalue weighted by Crippen LogP contribution is -2.40. The van der Waals surface area contributed by atoms with Gasteiger partial charge in [-0.2, -0.15) is 0 Å². The second kappa shape index (κ2) is 13.5. The highest BCUT2D eigenvalue weighted by molar-refractivity contribution is 9.10. The Hall–Kier alpha value is -3.08. The van der Waals surface area contributed by atoms with Gasteiger partial charge in [0.05, 0.1) is 39.1 Å². The number of hydrogen-bond donors (Lipinski definition) is 0. The van der Waals surface area contributed by atoms with Crippen molar-refractivity contribution in [1.29, 1.82) is 0 Å². The third kappa shape index (κ3) is 6.77. The molecule has 3 aromatic carbocycles. The first kappa shape index (κ1) is 32.3. The summed E-state index contributed by atoms with van der Waals surface area (Å²) >= 11 is 23.3. The van der Waals surface area contributed by atoms with Gasteiger partial charge in [-0.3, -0.25) is 9.36 Å². The minimum Gasteiger partial charge on any atom is -0.496 e. The smallest absolute Gasteiger partial charge is 0.338 e. The van der Waals surface area contributed by atoms with Gasteiger partial charge in [-0.1, -0.05) is 68.1 Å². The van der Waals surface area contributed by atoms with Crippen LogP contribution in [-0.2, 0) is 16.1 Å². The molecule has 0 saturated carbocycles. The molecule has 0 fully saturated rings. The number of allylic oxidation sites excluding steroid dienone is 1. The van der Waals surface area contributed by atoms with Crippen molar-refractivity contribution in [3.05, 3.63) is 122 Å². The number of carbonyl (C=O) groups is 1. The maximum Gasteiger partial charge on any atom is 0.338 e. The van der Waals surface area contributed by atoms with Crippen molar-refractivity contribution >= 4 is 74.1 Å². The summed E-state index contributed by atoms with van der Waals surface area (Å²) in [5.74, 6) is 0.453. The van der Waals surface area contributed by atoms with Crippen LogP contribution in [0.4, 0.5) is 0 Å². The number of rotatable bonds is 8. The molecular formula is C32H26BrCl3N2O5S. The minimum atomic E-state index is -0.850. The third-order valence-electron chi connectivity index (χ3n) is 6.71. The summed E-state index contributed by atoms with van der Waals surface area (Å²) in [6.07, 6.45) is 1.34. The van der Waals surface area contributed by atoms with E-state index in [0.717, 1.165) is 10.0 Å². The third-order valence-corrected chi connectivity index (χ3v) is 9.16. The van der Waals surface area contributed by atoms with Crippen LogP contribution in [0.3, 0.4) is 0 Å². The molecule has 5 rings (SSSR count). The fraction of sp³-hybridized carbons (Fsp3) is 0.219. The number of aromatic nitrogens is 1. The molecule has 4 aromatic rings. The van der Waals surface area contributed by atoms with Crippen LogP contribution < -0.4 is 24.4 Å². The number of ether oxygens (including phenoxy) is 3. The molecule has 44 heavy (non-hydrogen) atoms. The number of halogens is 4. The quantitative estimate of drug-likeness (QED) is 0.175. The van der Waals surface area contributed by atoms with Gasteiger partial charge in [0.25, 0.3) is 5.56 Å². The van der Waals surface area contributed by atoms with Crippen LogP contribution in [-0.4, -0.2) is 23.8 Å². The maximum atomic E-state index is 14.2. The Morgan fingerprint density at radius 1 is 1.07 bits per heavy atom. The van der Waals surface area contributed by atoms with E-state index in [9.17, 15) is 9.59 Å². The summed E-state index contributed by atoms with van der Waals surface area (Å²) in [6.45, 7) is 5.48. The summed E-state index contributed by atoms with van der Waals surface area (Å²) in [7, 11) is 1.54. The predicted octanol–water partition coefficient (Wildman–Crippen LogP) is 7.50. The lowest BCUT2D eigenvalue weighted by Gasteiger charge is -2.26. The molecule has 0 spiro atoms. The fourth-order valence-electron chi connectivity index (χ4n) is 4.77. The molecule has 0 aliphatic carbocycles. The number of benzene rings is 3. The Bertz CT molecular complexity index is 1990. The lowest BCUT2D eigenvalue weighted by atomic mass is 9.95. The molecule has 0 bridgehead atoms. The van der Waals surface area contributed by atoms with Gasteiger partial charge >= 0.3 is 5.97 Å². The zero-order chi connectivity index (χ0) is 31.7. The van der Waals surface area contributed by atoms with Crippen LogP contribution in [0.15, 0.2) is 80.1 Å². The Morgan fingerprint density at radius 3 is 2.52 bits per heavy atom. The zero-order valence-electron chi connectivity index (χ0n) is 24.0. The van der Waals surface area contributed by atoms with Crippen molar-refractivity contribution in [2.75, 3.05) is 7.11 Å². The van der Waals surface area contributed by atoms with Gasteiger partial charge in [0, 0.05) is 20.6 Å². The fourth-order valence-corrected chi connectivity index (χ4v) is 6.69. The van der Waals surface area contributed by atoms with Gasteiger partial charge < -0.3 is 14.2 Å². The standard InChI is InChI=1S/C32H26BrCl3N2O5S/c1-16(2)43-31(40)28-17(3)37-32-38(29(28)22-14-20(33)6-9-26(22)41-4)30(39)27(44-32)13-19-12-21(34)7-10-25(19)42-15-18-5-8-23(35)24(36)11-18/h5-14,16,29H,15H2,1-4H3/b27-13-/t29-/m0/s1. The van der Waals surface area contributed by atoms with Crippen molar-refractivity contribution in [2.24, 2.45) is 4.99 Å². The van der Waals surface area contributed by atoms with Gasteiger partial charge in [0.1, 0.15) is 24.1 Å². The van der Waals surface area contributed by atoms with Gasteiger partial charge in [-0.25, -0.2) is 9.79 Å². The molecule has 228 valence electrons. The van der Waals surface area contributed by atoms with E-state index >= 15 is 0 Å². The van der Waals surface area contributed by atoms with Crippen molar-refractivity contribution in [1.82, 2.24) is 4.57 Å². The Labute approximate surface area is 281 Å². The highest BCUT2D eigenvalue weighted by Crippen LogP contribution is 2.37. The summed E-state index contributed by atoms with van der Waals surface area (Å²) in [5, 5.41) is 1.35. The number of methoxy groups -OCH3 is 1. The summed E-state index contributed by atoms with van der Waals surface area (Å²) in [5.41, 5.74) is 2.37. The molecule has 7 nitrogen and oxygen atoms in total. The number of carbonyl (C=O) groups excluding carboxylic acids is 1. The average Bonchev–Trinajstić information content (AvgIpc) is 3.27. The maximum absolute atomic E-state index is 14.2. The first-order valence-corrected chi connectivity index (χ1v) is 16.1. The summed E-state index contributed by atoms with van der Waals surface area (Å²) in [6, 6.07) is 15.0. The van der Waals surface area contributed by atoms with Crippen LogP contribution in [0.1, 0.15) is 43.5 Å². The van der Waals surface area contributed by atoms with Crippen LogP contribution >= 0.6 is 62.1 Å². The molecule has 0 saturated heterocycles. The number of thiazole rings is 1. The van der Waals surface area contributed by atoms with E-state index in [0.29, 0.717) is 52.7 Å². The van der Waals surface area contributed by atoms with Crippen molar-refractivity contribution in [2.45, 2.75) is 39.5 Å². The van der Waals surface area contributed by atoms with Crippen LogP contribution in [0.5, 0.6) is 11.5 Å². The molecule has 1 aliphatic rings. The van der Waals surface area contributed by atoms with Crippen molar-refractivity contribution < 1.29 is 19.0 Å². The highest BCUT2D eigenvalue weighted by Gasteiger charge is 2.35. The Morgan fingerprint density at radius 2 is 1.82 bits per heavy atom. The van der Waals surface area contributed by atoms with E-state index in [1.807, 2.05) is 18.2 Å². The Kier molecular flexibility index (Phi) is 9.92. The van der Waals surface area contributed by atoms with Crippen molar-refractivity contribution in [3.63, 3.8) is 0 Å². The van der Waals surface area contributed by atoms with Gasteiger partial charge in [0.2, 0.25) is 0 Å². The molecular weight excluding hydrogens is 711 g/mol. The van der Waals surface area contributed by atoms with Gasteiger partial charge in [0.15, 0.2) is 4.80 Å². The van der Waals surface area contributed by atoms with Gasteiger partial charge in [-0.15, -0.1) is 0 Å². The SMILES string of the molecule is COc1ccc(Br)cc1[C@H]1C(C(=O)OC(C)C)=C(C)N=c2s/c(=C\c3cc(Cl)ccc3OCc3ccc(Cl)c(Cl)c3)c(=O)n21. The lowest BCUT2D eigenvalue weighted by molar-refractivity contribution is -0.143. The van der Waals surface area contributed by atoms with E-state index in [1.165, 1.54) is 23.0 Å². The van der Waals surface area contributed by atoms with Crippen LogP contribution in [0.2, 0.25) is 15.1 Å². The topological polar surface area (TPSA) is 79.1 Å². The van der Waals surface area contributed by atoms with Crippen molar-refractivity contribution in [3.8, 4) is 11.5 Å². The summed E-state index contributed by atoms with van der Waals surface area (Å²) < 4.78 is 20.0. The minimum absolute atomic E-state index is 0.212.